The van der Waals surface area contributed by atoms with Crippen LogP contribution in [0.15, 0.2) is 47.9 Å². The predicted octanol–water partition coefficient (Wildman–Crippen LogP) is 1.80. The van der Waals surface area contributed by atoms with Gasteiger partial charge in [-0.1, -0.05) is 31.2 Å². The first-order valence-corrected chi connectivity index (χ1v) is 7.17. The fourth-order valence-electron chi connectivity index (χ4n) is 2.21. The summed E-state index contributed by atoms with van der Waals surface area (Å²) in [5.74, 6) is -0.398. The van der Waals surface area contributed by atoms with Gasteiger partial charge in [0.05, 0.1) is 10.9 Å². The first kappa shape index (κ1) is 12.8. The van der Waals surface area contributed by atoms with Gasteiger partial charge in [-0.3, -0.25) is 4.79 Å². The third-order valence-electron chi connectivity index (χ3n) is 3.14. The van der Waals surface area contributed by atoms with Crippen LogP contribution >= 0.6 is 0 Å². The third-order valence-corrected chi connectivity index (χ3v) is 4.97. The fraction of sp³-hybridized carbons (Fsp3) is 0.308. The third kappa shape index (κ3) is 1.95. The highest BCUT2D eigenvalue weighted by molar-refractivity contribution is 7.89. The molecule has 2 rings (SSSR count). The standard InChI is InChI=1S/C13H15NO3S/c1-3-12-10(2)9-13(15)14(12)18(16,17)11-7-5-4-6-8-11/h3-8,10,12H,1,9H2,2H3. The van der Waals surface area contributed by atoms with E-state index in [0.29, 0.717) is 0 Å². The molecule has 0 aromatic heterocycles. The zero-order valence-corrected chi connectivity index (χ0v) is 10.9. The van der Waals surface area contributed by atoms with E-state index in [1.54, 1.807) is 18.2 Å². The van der Waals surface area contributed by atoms with Crippen molar-refractivity contribution in [2.45, 2.75) is 24.3 Å². The molecular weight excluding hydrogens is 250 g/mol. The van der Waals surface area contributed by atoms with Crippen molar-refractivity contribution in [2.24, 2.45) is 5.92 Å². The molecule has 0 radical (unpaired) electrons. The van der Waals surface area contributed by atoms with E-state index in [-0.39, 0.29) is 23.1 Å². The van der Waals surface area contributed by atoms with Gasteiger partial charge in [0.1, 0.15) is 0 Å². The molecule has 1 aliphatic heterocycles. The maximum Gasteiger partial charge on any atom is 0.267 e. The van der Waals surface area contributed by atoms with E-state index >= 15 is 0 Å². The minimum Gasteiger partial charge on any atom is -0.274 e. The van der Waals surface area contributed by atoms with Crippen LogP contribution in [0, 0.1) is 5.92 Å². The average molecular weight is 265 g/mol. The second-order valence-corrected chi connectivity index (χ2v) is 6.23. The Labute approximate surface area is 107 Å². The van der Waals surface area contributed by atoms with Gasteiger partial charge < -0.3 is 0 Å². The lowest BCUT2D eigenvalue weighted by Crippen LogP contribution is -2.38. The molecule has 1 amide bonds. The topological polar surface area (TPSA) is 54.5 Å². The van der Waals surface area contributed by atoms with Crippen LogP contribution in [-0.2, 0) is 14.8 Å². The molecule has 96 valence electrons. The van der Waals surface area contributed by atoms with Gasteiger partial charge in [-0.05, 0) is 18.1 Å². The molecule has 2 unspecified atom stereocenters. The van der Waals surface area contributed by atoms with Crippen molar-refractivity contribution in [2.75, 3.05) is 0 Å². The van der Waals surface area contributed by atoms with E-state index < -0.39 is 16.1 Å². The quantitative estimate of drug-likeness (QED) is 0.783. The Morgan fingerprint density at radius 3 is 2.50 bits per heavy atom. The molecule has 1 aromatic rings. The van der Waals surface area contributed by atoms with Crippen LogP contribution < -0.4 is 0 Å². The Hall–Kier alpha value is -1.62. The van der Waals surface area contributed by atoms with Crippen molar-refractivity contribution in [3.63, 3.8) is 0 Å². The van der Waals surface area contributed by atoms with E-state index in [9.17, 15) is 13.2 Å². The van der Waals surface area contributed by atoms with Crippen LogP contribution in [0.4, 0.5) is 0 Å². The highest BCUT2D eigenvalue weighted by atomic mass is 32.2. The number of hydrogen-bond donors (Lipinski definition) is 0. The van der Waals surface area contributed by atoms with Crippen molar-refractivity contribution in [3.8, 4) is 0 Å². The average Bonchev–Trinajstić information content (AvgIpc) is 2.65. The summed E-state index contributed by atoms with van der Waals surface area (Å²) >= 11 is 0. The molecule has 1 fully saturated rings. The summed E-state index contributed by atoms with van der Waals surface area (Å²) < 4.78 is 25.8. The second-order valence-electron chi connectivity index (χ2n) is 4.42. The Bertz CT molecular complexity index is 565. The summed E-state index contributed by atoms with van der Waals surface area (Å²) in [4.78, 5) is 12.0. The largest absolute Gasteiger partial charge is 0.274 e. The lowest BCUT2D eigenvalue weighted by Gasteiger charge is -2.23. The summed E-state index contributed by atoms with van der Waals surface area (Å²) in [6, 6.07) is 7.54. The van der Waals surface area contributed by atoms with Gasteiger partial charge >= 0.3 is 0 Å². The van der Waals surface area contributed by atoms with Crippen LogP contribution in [0.2, 0.25) is 0 Å². The Morgan fingerprint density at radius 1 is 1.33 bits per heavy atom. The van der Waals surface area contributed by atoms with E-state index in [1.807, 2.05) is 6.92 Å². The Balaban J connectivity index is 2.48. The molecule has 0 N–H and O–H groups in total. The van der Waals surface area contributed by atoms with Gasteiger partial charge in [0.15, 0.2) is 0 Å². The molecule has 0 aliphatic carbocycles. The zero-order chi connectivity index (χ0) is 13.3. The van der Waals surface area contributed by atoms with E-state index in [0.717, 1.165) is 4.31 Å². The molecule has 0 saturated carbocycles. The number of amides is 1. The lowest BCUT2D eigenvalue weighted by molar-refractivity contribution is -0.124. The molecule has 2 atom stereocenters. The number of carbonyl (C=O) groups is 1. The van der Waals surface area contributed by atoms with Gasteiger partial charge in [-0.15, -0.1) is 6.58 Å². The molecule has 0 spiro atoms. The summed E-state index contributed by atoms with van der Waals surface area (Å²) in [7, 11) is -3.77. The SMILES string of the molecule is C=CC1C(C)CC(=O)N1S(=O)(=O)c1ccccc1. The molecule has 1 aromatic carbocycles. The summed E-state index contributed by atoms with van der Waals surface area (Å²) in [5, 5.41) is 0. The molecule has 1 aliphatic rings. The highest BCUT2D eigenvalue weighted by Crippen LogP contribution is 2.31. The predicted molar refractivity (Wildman–Crippen MR) is 68.2 cm³/mol. The summed E-state index contributed by atoms with van der Waals surface area (Å²) in [6.45, 7) is 5.48. The summed E-state index contributed by atoms with van der Waals surface area (Å²) in [6.07, 6.45) is 1.76. The number of benzene rings is 1. The van der Waals surface area contributed by atoms with Gasteiger partial charge in [-0.2, -0.15) is 0 Å². The Morgan fingerprint density at radius 2 is 1.94 bits per heavy atom. The fourth-order valence-corrected chi connectivity index (χ4v) is 3.90. The van der Waals surface area contributed by atoms with Crippen molar-refractivity contribution >= 4 is 15.9 Å². The van der Waals surface area contributed by atoms with Gasteiger partial charge in [0.25, 0.3) is 10.0 Å². The molecule has 0 bridgehead atoms. The molecule has 18 heavy (non-hydrogen) atoms. The van der Waals surface area contributed by atoms with Crippen LogP contribution in [0.5, 0.6) is 0 Å². The summed E-state index contributed by atoms with van der Waals surface area (Å²) in [5.41, 5.74) is 0. The number of sulfonamides is 1. The second kappa shape index (κ2) is 4.57. The first-order valence-electron chi connectivity index (χ1n) is 5.73. The maximum absolute atomic E-state index is 12.4. The van der Waals surface area contributed by atoms with E-state index in [2.05, 4.69) is 6.58 Å². The number of rotatable bonds is 3. The van der Waals surface area contributed by atoms with Crippen LogP contribution in [0.25, 0.3) is 0 Å². The van der Waals surface area contributed by atoms with Gasteiger partial charge in [0.2, 0.25) is 5.91 Å². The van der Waals surface area contributed by atoms with Crippen molar-refractivity contribution in [1.29, 1.82) is 0 Å². The van der Waals surface area contributed by atoms with Crippen molar-refractivity contribution in [3.05, 3.63) is 43.0 Å². The number of carbonyl (C=O) groups excluding carboxylic acids is 1. The van der Waals surface area contributed by atoms with E-state index in [4.69, 9.17) is 0 Å². The Kier molecular flexibility index (Phi) is 3.26. The zero-order valence-electron chi connectivity index (χ0n) is 10.1. The molecule has 1 saturated heterocycles. The molecular formula is C13H15NO3S. The van der Waals surface area contributed by atoms with Crippen LogP contribution in [-0.4, -0.2) is 24.7 Å². The van der Waals surface area contributed by atoms with Gasteiger partial charge in [0, 0.05) is 6.42 Å². The van der Waals surface area contributed by atoms with Crippen molar-refractivity contribution < 1.29 is 13.2 Å². The highest BCUT2D eigenvalue weighted by Gasteiger charge is 2.43. The van der Waals surface area contributed by atoms with Crippen LogP contribution in [0.3, 0.4) is 0 Å². The molecule has 5 heteroatoms. The maximum atomic E-state index is 12.4. The number of nitrogens with zero attached hydrogens (tertiary/aromatic N) is 1. The van der Waals surface area contributed by atoms with Gasteiger partial charge in [-0.25, -0.2) is 12.7 Å². The molecule has 4 nitrogen and oxygen atoms in total. The number of hydrogen-bond acceptors (Lipinski definition) is 3. The minimum atomic E-state index is -3.77. The monoisotopic (exact) mass is 265 g/mol. The first-order chi connectivity index (χ1) is 8.48. The normalized spacial score (nSPS) is 24.3. The smallest absolute Gasteiger partial charge is 0.267 e. The van der Waals surface area contributed by atoms with Crippen molar-refractivity contribution in [1.82, 2.24) is 4.31 Å². The lowest BCUT2D eigenvalue weighted by atomic mass is 10.0. The van der Waals surface area contributed by atoms with Crippen LogP contribution in [0.1, 0.15) is 13.3 Å². The minimum absolute atomic E-state index is 0.0338. The van der Waals surface area contributed by atoms with E-state index in [1.165, 1.54) is 18.2 Å². The molecule has 1 heterocycles.